The highest BCUT2D eigenvalue weighted by molar-refractivity contribution is 5.84. The van der Waals surface area contributed by atoms with E-state index in [1.807, 2.05) is 30.5 Å². The average Bonchev–Trinajstić information content (AvgIpc) is 3.57. The van der Waals surface area contributed by atoms with Gasteiger partial charge in [0.1, 0.15) is 6.29 Å². The minimum absolute atomic E-state index is 0.000872. The minimum atomic E-state index is -1.02. The largest absolute Gasteiger partial charge is 0.478 e. The van der Waals surface area contributed by atoms with Crippen LogP contribution in [0.2, 0.25) is 0 Å². The number of aldehydes is 1. The molecule has 2 heterocycles. The molecule has 1 aliphatic rings. The number of carboxylic acids is 1. The summed E-state index contributed by atoms with van der Waals surface area (Å²) in [6, 6.07) is 18.1. The number of aliphatic imine (C=N–C) groups is 1. The molecule has 5 atom stereocenters. The molecule has 5 unspecified atom stereocenters. The lowest BCUT2D eigenvalue weighted by atomic mass is 9.84. The van der Waals surface area contributed by atoms with Crippen molar-refractivity contribution >= 4 is 34.8 Å². The van der Waals surface area contributed by atoms with Crippen LogP contribution < -0.4 is 16.8 Å². The van der Waals surface area contributed by atoms with E-state index >= 15 is 0 Å². The smallest absolute Gasteiger partial charge is 0.328 e. The van der Waals surface area contributed by atoms with Crippen molar-refractivity contribution in [3.8, 4) is 0 Å². The first-order valence-electron chi connectivity index (χ1n) is 16.5. The molecule has 46 heavy (non-hydrogen) atoms. The maximum absolute atomic E-state index is 12.0. The monoisotopic (exact) mass is 629 g/mol. The molecule has 0 saturated heterocycles. The van der Waals surface area contributed by atoms with E-state index in [-0.39, 0.29) is 36.6 Å². The lowest BCUT2D eigenvalue weighted by molar-refractivity contribution is -0.131. The van der Waals surface area contributed by atoms with Crippen LogP contribution in [-0.2, 0) is 9.59 Å². The zero-order valence-electron chi connectivity index (χ0n) is 26.6. The molecule has 0 saturated carbocycles. The summed E-state index contributed by atoms with van der Waals surface area (Å²) in [6.07, 6.45) is 11.7. The second kappa shape index (κ2) is 18.1. The topological polar surface area (TPSA) is 181 Å². The fourth-order valence-corrected chi connectivity index (χ4v) is 6.44. The number of H-pyrrole nitrogens is 1. The Bertz CT molecular complexity index is 1440. The van der Waals surface area contributed by atoms with E-state index in [4.69, 9.17) is 21.9 Å². The minimum Gasteiger partial charge on any atom is -0.478 e. The van der Waals surface area contributed by atoms with Crippen molar-refractivity contribution in [2.45, 2.75) is 88.3 Å². The Morgan fingerprint density at radius 1 is 1.00 bits per heavy atom. The zero-order chi connectivity index (χ0) is 32.7. The van der Waals surface area contributed by atoms with Gasteiger partial charge in [-0.1, -0.05) is 73.0 Å². The quantitative estimate of drug-likeness (QED) is 0.0689. The van der Waals surface area contributed by atoms with Crippen LogP contribution in [0.5, 0.6) is 0 Å². The maximum atomic E-state index is 12.0. The number of aliphatic hydroxyl groups is 1. The number of hydrogen-bond acceptors (Lipinski definition) is 7. The Kier molecular flexibility index (Phi) is 13.7. The Hall–Kier alpha value is -4.15. The third kappa shape index (κ3) is 10.7. The number of nitrogens with one attached hydrogen (secondary N) is 2. The summed E-state index contributed by atoms with van der Waals surface area (Å²) in [5.74, 6) is 0.140. The second-order valence-electron chi connectivity index (χ2n) is 12.3. The highest BCUT2D eigenvalue weighted by atomic mass is 16.4. The molecule has 3 aromatic rings. The highest BCUT2D eigenvalue weighted by Crippen LogP contribution is 2.35. The second-order valence-corrected chi connectivity index (χ2v) is 12.3. The van der Waals surface area contributed by atoms with Gasteiger partial charge in [0.05, 0.1) is 6.04 Å². The number of fused-ring (bicyclic) bond motifs is 1. The standard InChI is InChI=1S/C36H49N6O4/c37-30(16-12-25(24-44)6-5-21-43)10-3-9-27(29-14-13-26-7-1-2-8-28(26)22-29)15-17-32(41-34-11-4-19-39-34)31(23-35(45)46)33-18-20-40-36(38)42-33/h1-2,4,7-8,11,13-14,19,22-25,27,30,32-33,39,43H,3,5-6,9-10,12,15-18,20-21,37H2,(H,45,46)(H3,38,40,42)/q-1. The normalized spacial score (nSPS) is 17.8. The molecule has 1 aliphatic heterocycles. The summed E-state index contributed by atoms with van der Waals surface area (Å²) in [4.78, 5) is 30.9. The van der Waals surface area contributed by atoms with E-state index in [2.05, 4.69) is 45.6 Å². The van der Waals surface area contributed by atoms with Crippen LogP contribution >= 0.6 is 0 Å². The van der Waals surface area contributed by atoms with E-state index < -0.39 is 5.97 Å². The number of benzene rings is 2. The predicted octanol–water partition coefficient (Wildman–Crippen LogP) is 5.66. The van der Waals surface area contributed by atoms with Crippen LogP contribution in [-0.4, -0.2) is 64.7 Å². The fourth-order valence-electron chi connectivity index (χ4n) is 6.44. The Balaban J connectivity index is 1.51. The van der Waals surface area contributed by atoms with E-state index in [9.17, 15) is 14.7 Å². The van der Waals surface area contributed by atoms with Crippen LogP contribution in [0.25, 0.3) is 16.1 Å². The van der Waals surface area contributed by atoms with Gasteiger partial charge in [0.25, 0.3) is 0 Å². The van der Waals surface area contributed by atoms with Crippen LogP contribution in [0.15, 0.2) is 77.4 Å². The van der Waals surface area contributed by atoms with Crippen molar-refractivity contribution in [2.24, 2.45) is 22.4 Å². The molecular formula is C36H49N6O4-. The fraction of sp³-hybridized carbons (Fsp3) is 0.472. The molecule has 248 valence electrons. The van der Waals surface area contributed by atoms with Crippen LogP contribution in [0.4, 0.5) is 5.82 Å². The van der Waals surface area contributed by atoms with Gasteiger partial charge in [-0.2, -0.15) is 0 Å². The number of aromatic amines is 1. The summed E-state index contributed by atoms with van der Waals surface area (Å²) in [6.45, 7) is 0.615. The number of hydrogen-bond donors (Lipinski definition) is 6. The third-order valence-electron chi connectivity index (χ3n) is 8.97. The van der Waals surface area contributed by atoms with Crippen LogP contribution in [0.1, 0.15) is 75.7 Å². The number of carbonyl (C=O) groups excluding carboxylic acids is 1. The van der Waals surface area contributed by atoms with E-state index in [1.165, 1.54) is 22.4 Å². The molecule has 0 bridgehead atoms. The highest BCUT2D eigenvalue weighted by Gasteiger charge is 2.25. The van der Waals surface area contributed by atoms with Gasteiger partial charge in [-0.05, 0) is 91.7 Å². The number of aliphatic hydroxyl groups excluding tert-OH is 1. The summed E-state index contributed by atoms with van der Waals surface area (Å²) >= 11 is 0. The van der Waals surface area contributed by atoms with Crippen LogP contribution in [0.3, 0.4) is 0 Å². The van der Waals surface area contributed by atoms with Gasteiger partial charge in [0.15, 0.2) is 5.96 Å². The molecule has 10 nitrogen and oxygen atoms in total. The van der Waals surface area contributed by atoms with Gasteiger partial charge in [0, 0.05) is 31.2 Å². The van der Waals surface area contributed by atoms with Gasteiger partial charge in [-0.15, -0.1) is 0 Å². The number of carbonyl (C=O) groups is 2. The van der Waals surface area contributed by atoms with E-state index in [1.54, 1.807) is 0 Å². The number of guanidine groups is 1. The van der Waals surface area contributed by atoms with Gasteiger partial charge in [-0.3, -0.25) is 4.99 Å². The molecule has 8 N–H and O–H groups in total. The van der Waals surface area contributed by atoms with Crippen molar-refractivity contribution < 1.29 is 19.8 Å². The Morgan fingerprint density at radius 2 is 1.83 bits per heavy atom. The van der Waals surface area contributed by atoms with Crippen molar-refractivity contribution in [2.75, 3.05) is 13.2 Å². The van der Waals surface area contributed by atoms with E-state index in [0.29, 0.717) is 49.6 Å². The predicted molar refractivity (Wildman–Crippen MR) is 184 cm³/mol. The molecule has 0 aliphatic carbocycles. The number of nitrogens with two attached hydrogens (primary N) is 2. The third-order valence-corrected chi connectivity index (χ3v) is 8.97. The summed E-state index contributed by atoms with van der Waals surface area (Å²) in [7, 11) is 0. The van der Waals surface area contributed by atoms with E-state index in [0.717, 1.165) is 44.8 Å². The van der Waals surface area contributed by atoms with Crippen molar-refractivity contribution in [1.82, 2.24) is 10.3 Å². The number of carboxylic acid groups (broad SMARTS) is 1. The lowest BCUT2D eigenvalue weighted by Gasteiger charge is -2.35. The molecular weight excluding hydrogens is 580 g/mol. The number of nitrogens with zero attached hydrogens (tertiary/aromatic N) is 2. The number of aliphatic carboxylic acids is 1. The average molecular weight is 630 g/mol. The first kappa shape index (κ1) is 34.7. The first-order chi connectivity index (χ1) is 22.4. The molecule has 0 radical (unpaired) electrons. The summed E-state index contributed by atoms with van der Waals surface area (Å²) in [5.41, 5.74) is 14.4. The lowest BCUT2D eigenvalue weighted by Crippen LogP contribution is -2.46. The zero-order valence-corrected chi connectivity index (χ0v) is 26.6. The van der Waals surface area contributed by atoms with Gasteiger partial charge in [0.2, 0.25) is 0 Å². The summed E-state index contributed by atoms with van der Waals surface area (Å²) < 4.78 is 0. The van der Waals surface area contributed by atoms with Crippen molar-refractivity contribution in [3.05, 3.63) is 83.3 Å². The van der Waals surface area contributed by atoms with Crippen molar-refractivity contribution in [3.63, 3.8) is 0 Å². The van der Waals surface area contributed by atoms with Gasteiger partial charge >= 0.3 is 5.97 Å². The van der Waals surface area contributed by atoms with Crippen LogP contribution in [0, 0.1) is 5.92 Å². The molecule has 10 heteroatoms. The maximum Gasteiger partial charge on any atom is 0.328 e. The summed E-state index contributed by atoms with van der Waals surface area (Å²) in [5, 5.41) is 29.5. The number of rotatable bonds is 20. The molecule has 4 rings (SSSR count). The van der Waals surface area contributed by atoms with Gasteiger partial charge in [-0.25, -0.2) is 4.79 Å². The number of aromatic nitrogens is 1. The van der Waals surface area contributed by atoms with Gasteiger partial charge < -0.3 is 42.1 Å². The Labute approximate surface area is 271 Å². The molecule has 0 amide bonds. The molecule has 0 spiro atoms. The van der Waals surface area contributed by atoms with Crippen molar-refractivity contribution in [1.29, 1.82) is 0 Å². The first-order valence-corrected chi connectivity index (χ1v) is 16.5. The Morgan fingerprint density at radius 3 is 2.54 bits per heavy atom. The molecule has 0 fully saturated rings. The molecule has 2 aromatic carbocycles. The SMILES string of the molecule is NC1=NCCC(C(=CC(=O)O)C(CCC(CCCC(N)CCC(C=O)CCCO)c2ccc3ccccc3c2)[N-]c2ccc[nH]2)N1. The molecule has 1 aromatic heterocycles.